The highest BCUT2D eigenvalue weighted by Gasteiger charge is 2.20. The molecule has 2 aromatic heterocycles. The van der Waals surface area contributed by atoms with Gasteiger partial charge in [-0.2, -0.15) is 0 Å². The van der Waals surface area contributed by atoms with Gasteiger partial charge in [0, 0.05) is 37.4 Å². The number of halogens is 2. The summed E-state index contributed by atoms with van der Waals surface area (Å²) in [5.74, 6) is 1.27. The number of anilines is 3. The normalized spacial score (nSPS) is 14.0. The Kier molecular flexibility index (Phi) is 5.78. The number of hydrogen-bond acceptors (Lipinski definition) is 6. The highest BCUT2D eigenvalue weighted by atomic mass is 35.5. The van der Waals surface area contributed by atoms with E-state index in [-0.39, 0.29) is 5.91 Å². The topological polar surface area (TPSA) is 74.2 Å². The zero-order valence-corrected chi connectivity index (χ0v) is 16.9. The van der Waals surface area contributed by atoms with Crippen molar-refractivity contribution >= 4 is 46.6 Å². The van der Waals surface area contributed by atoms with E-state index in [1.54, 1.807) is 30.7 Å². The van der Waals surface area contributed by atoms with Gasteiger partial charge >= 0.3 is 0 Å². The minimum Gasteiger partial charge on any atom is -0.353 e. The van der Waals surface area contributed by atoms with E-state index >= 15 is 0 Å². The van der Waals surface area contributed by atoms with E-state index in [0.29, 0.717) is 27.2 Å². The molecule has 29 heavy (non-hydrogen) atoms. The second kappa shape index (κ2) is 8.63. The second-order valence-electron chi connectivity index (χ2n) is 6.51. The average molecular weight is 429 g/mol. The Bertz CT molecular complexity index is 992. The molecule has 1 fully saturated rings. The molecule has 0 unspecified atom stereocenters. The standard InChI is InChI=1S/C20H18Cl2N6O/c21-14-4-5-16(17(22)11-14)19(29)26-15-12-24-20(25-13-15)28-9-7-27(8-10-28)18-3-1-2-6-23-18/h1-6,11-13H,7-10H2,(H,26,29). The van der Waals surface area contributed by atoms with Crippen molar-refractivity contribution in [2.75, 3.05) is 41.3 Å². The number of carbonyl (C=O) groups is 1. The Morgan fingerprint density at radius 3 is 2.31 bits per heavy atom. The second-order valence-corrected chi connectivity index (χ2v) is 7.36. The summed E-state index contributed by atoms with van der Waals surface area (Å²) in [6, 6.07) is 10.6. The first-order chi connectivity index (χ1) is 14.1. The zero-order valence-electron chi connectivity index (χ0n) is 15.4. The van der Waals surface area contributed by atoms with Gasteiger partial charge in [0.15, 0.2) is 0 Å². The molecule has 0 aliphatic carbocycles. The number of hydrogen-bond donors (Lipinski definition) is 1. The Morgan fingerprint density at radius 1 is 0.931 bits per heavy atom. The molecule has 1 aliphatic heterocycles. The van der Waals surface area contributed by atoms with Crippen molar-refractivity contribution in [3.05, 3.63) is 70.6 Å². The number of carbonyl (C=O) groups excluding carboxylic acids is 1. The molecule has 0 bridgehead atoms. The number of benzene rings is 1. The van der Waals surface area contributed by atoms with Gasteiger partial charge in [-0.3, -0.25) is 4.79 Å². The third-order valence-corrected chi connectivity index (χ3v) is 5.16. The molecule has 7 nitrogen and oxygen atoms in total. The van der Waals surface area contributed by atoms with Gasteiger partial charge in [-0.05, 0) is 30.3 Å². The number of pyridine rings is 1. The molecule has 1 saturated heterocycles. The molecule has 0 radical (unpaired) electrons. The van der Waals surface area contributed by atoms with Gasteiger partial charge in [0.05, 0.1) is 28.7 Å². The number of rotatable bonds is 4. The first-order valence-corrected chi connectivity index (χ1v) is 9.85. The number of aromatic nitrogens is 3. The van der Waals surface area contributed by atoms with Crippen molar-refractivity contribution in [1.29, 1.82) is 0 Å². The van der Waals surface area contributed by atoms with Crippen LogP contribution in [-0.2, 0) is 0 Å². The predicted molar refractivity (Wildman–Crippen MR) is 115 cm³/mol. The van der Waals surface area contributed by atoms with Gasteiger partial charge in [0.25, 0.3) is 5.91 Å². The summed E-state index contributed by atoms with van der Waals surface area (Å²) in [4.78, 5) is 29.9. The van der Waals surface area contributed by atoms with Crippen molar-refractivity contribution < 1.29 is 4.79 Å². The molecule has 148 valence electrons. The third kappa shape index (κ3) is 4.58. The highest BCUT2D eigenvalue weighted by molar-refractivity contribution is 6.37. The van der Waals surface area contributed by atoms with Crippen LogP contribution in [0.1, 0.15) is 10.4 Å². The van der Waals surface area contributed by atoms with Gasteiger partial charge in [0.2, 0.25) is 5.95 Å². The molecule has 3 heterocycles. The van der Waals surface area contributed by atoms with Crippen LogP contribution in [0.25, 0.3) is 0 Å². The van der Waals surface area contributed by atoms with Gasteiger partial charge in [0.1, 0.15) is 5.82 Å². The largest absolute Gasteiger partial charge is 0.353 e. The summed E-state index contributed by atoms with van der Waals surface area (Å²) in [7, 11) is 0. The Balaban J connectivity index is 1.36. The minimum absolute atomic E-state index is 0.290. The molecular weight excluding hydrogens is 411 g/mol. The summed E-state index contributed by atoms with van der Waals surface area (Å²) in [5.41, 5.74) is 0.836. The minimum atomic E-state index is -0.341. The molecule has 0 spiro atoms. The van der Waals surface area contributed by atoms with Gasteiger partial charge in [-0.15, -0.1) is 0 Å². The lowest BCUT2D eigenvalue weighted by molar-refractivity contribution is 0.102. The SMILES string of the molecule is O=C(Nc1cnc(N2CCN(c3ccccn3)CC2)nc1)c1ccc(Cl)cc1Cl. The lowest BCUT2D eigenvalue weighted by Crippen LogP contribution is -2.47. The monoisotopic (exact) mass is 428 g/mol. The summed E-state index contributed by atoms with van der Waals surface area (Å²) in [6.45, 7) is 3.27. The fourth-order valence-corrected chi connectivity index (χ4v) is 3.59. The van der Waals surface area contributed by atoms with Crippen molar-refractivity contribution in [2.45, 2.75) is 0 Å². The van der Waals surface area contributed by atoms with Crippen molar-refractivity contribution in [2.24, 2.45) is 0 Å². The fraction of sp³-hybridized carbons (Fsp3) is 0.200. The van der Waals surface area contributed by atoms with E-state index in [1.165, 1.54) is 6.07 Å². The number of nitrogens with zero attached hydrogens (tertiary/aromatic N) is 5. The number of amides is 1. The zero-order chi connectivity index (χ0) is 20.2. The number of nitrogens with one attached hydrogen (secondary N) is 1. The van der Waals surface area contributed by atoms with E-state index < -0.39 is 0 Å². The Labute approximate surface area is 178 Å². The van der Waals surface area contributed by atoms with Crippen LogP contribution in [0.4, 0.5) is 17.5 Å². The van der Waals surface area contributed by atoms with Crippen molar-refractivity contribution in [3.8, 4) is 0 Å². The van der Waals surface area contributed by atoms with Crippen LogP contribution in [0.15, 0.2) is 55.0 Å². The Hall–Kier alpha value is -2.90. The maximum absolute atomic E-state index is 12.4. The first kappa shape index (κ1) is 19.4. The lowest BCUT2D eigenvalue weighted by atomic mass is 10.2. The van der Waals surface area contributed by atoms with E-state index in [4.69, 9.17) is 23.2 Å². The smallest absolute Gasteiger partial charge is 0.257 e. The van der Waals surface area contributed by atoms with Crippen LogP contribution in [0.5, 0.6) is 0 Å². The lowest BCUT2D eigenvalue weighted by Gasteiger charge is -2.35. The average Bonchev–Trinajstić information content (AvgIpc) is 2.75. The molecule has 1 amide bonds. The van der Waals surface area contributed by atoms with Gasteiger partial charge < -0.3 is 15.1 Å². The van der Waals surface area contributed by atoms with E-state index in [2.05, 4.69) is 30.1 Å². The van der Waals surface area contributed by atoms with Crippen LogP contribution in [-0.4, -0.2) is 47.0 Å². The summed E-state index contributed by atoms with van der Waals surface area (Å²) < 4.78 is 0. The summed E-state index contributed by atoms with van der Waals surface area (Å²) >= 11 is 12.0. The summed E-state index contributed by atoms with van der Waals surface area (Å²) in [6.07, 6.45) is 4.99. The maximum atomic E-state index is 12.4. The molecule has 3 aromatic rings. The molecule has 4 rings (SSSR count). The predicted octanol–water partition coefficient (Wildman–Crippen LogP) is 3.76. The van der Waals surface area contributed by atoms with Crippen LogP contribution in [0.2, 0.25) is 10.0 Å². The molecule has 0 atom stereocenters. The fourth-order valence-electron chi connectivity index (χ4n) is 3.10. The first-order valence-electron chi connectivity index (χ1n) is 9.09. The quantitative estimate of drug-likeness (QED) is 0.681. The molecule has 1 aromatic carbocycles. The van der Waals surface area contributed by atoms with Crippen molar-refractivity contribution in [1.82, 2.24) is 15.0 Å². The van der Waals surface area contributed by atoms with Crippen LogP contribution >= 0.6 is 23.2 Å². The third-order valence-electron chi connectivity index (χ3n) is 4.61. The number of piperazine rings is 1. The van der Waals surface area contributed by atoms with Crippen LogP contribution in [0, 0.1) is 0 Å². The van der Waals surface area contributed by atoms with Crippen LogP contribution < -0.4 is 15.1 Å². The molecule has 0 saturated carbocycles. The molecule has 1 aliphatic rings. The van der Waals surface area contributed by atoms with E-state index in [1.807, 2.05) is 18.2 Å². The maximum Gasteiger partial charge on any atom is 0.257 e. The molecule has 1 N–H and O–H groups in total. The van der Waals surface area contributed by atoms with E-state index in [0.717, 1.165) is 32.0 Å². The summed E-state index contributed by atoms with van der Waals surface area (Å²) in [5, 5.41) is 3.52. The highest BCUT2D eigenvalue weighted by Crippen LogP contribution is 2.22. The Morgan fingerprint density at radius 2 is 1.66 bits per heavy atom. The van der Waals surface area contributed by atoms with Crippen molar-refractivity contribution in [3.63, 3.8) is 0 Å². The van der Waals surface area contributed by atoms with Gasteiger partial charge in [-0.1, -0.05) is 29.3 Å². The van der Waals surface area contributed by atoms with E-state index in [9.17, 15) is 4.79 Å². The van der Waals surface area contributed by atoms with Crippen LogP contribution in [0.3, 0.4) is 0 Å². The molecule has 9 heteroatoms. The van der Waals surface area contributed by atoms with Gasteiger partial charge in [-0.25, -0.2) is 15.0 Å². The molecular formula is C20H18Cl2N6O.